The summed E-state index contributed by atoms with van der Waals surface area (Å²) in [6, 6.07) is 5.03. The van der Waals surface area contributed by atoms with Crippen molar-refractivity contribution in [2.45, 2.75) is 39.8 Å². The number of anilines is 1. The summed E-state index contributed by atoms with van der Waals surface area (Å²) in [7, 11) is 2.13. The molecule has 0 aliphatic rings. The summed E-state index contributed by atoms with van der Waals surface area (Å²) < 4.78 is 0. The van der Waals surface area contributed by atoms with Crippen LogP contribution in [0.1, 0.15) is 48.3 Å². The van der Waals surface area contributed by atoms with Gasteiger partial charge in [0, 0.05) is 22.8 Å². The largest absolute Gasteiger partial charge is 0.344 e. The van der Waals surface area contributed by atoms with Crippen LogP contribution >= 0.6 is 22.7 Å². The Morgan fingerprint density at radius 1 is 1.40 bits per heavy atom. The van der Waals surface area contributed by atoms with Crippen molar-refractivity contribution < 1.29 is 0 Å². The molecule has 2 unspecified atom stereocenters. The Morgan fingerprint density at radius 2 is 2.15 bits per heavy atom. The van der Waals surface area contributed by atoms with Gasteiger partial charge in [0.1, 0.15) is 0 Å². The van der Waals surface area contributed by atoms with Gasteiger partial charge in [0.05, 0.1) is 11.7 Å². The number of aryl methyl sites for hydroxylation is 1. The lowest BCUT2D eigenvalue weighted by molar-refractivity contribution is 0.603. The normalized spacial score (nSPS) is 14.2. The van der Waals surface area contributed by atoms with Crippen LogP contribution in [0, 0.1) is 6.92 Å². The summed E-state index contributed by atoms with van der Waals surface area (Å²) in [4.78, 5) is 9.74. The zero-order chi connectivity index (χ0) is 14.7. The van der Waals surface area contributed by atoms with E-state index in [4.69, 9.17) is 4.98 Å². The number of aromatic nitrogens is 1. The van der Waals surface area contributed by atoms with Crippen LogP contribution in [-0.4, -0.2) is 18.6 Å². The summed E-state index contributed by atoms with van der Waals surface area (Å²) in [6.45, 7) is 9.66. The molecule has 2 aromatic heterocycles. The minimum absolute atomic E-state index is 0.364. The van der Waals surface area contributed by atoms with E-state index in [0.29, 0.717) is 12.1 Å². The van der Waals surface area contributed by atoms with Crippen molar-refractivity contribution in [1.29, 1.82) is 0 Å². The fourth-order valence-corrected chi connectivity index (χ4v) is 4.19. The fraction of sp³-hybridized carbons (Fsp3) is 0.533. The number of rotatable bonds is 6. The molecule has 2 rings (SSSR count). The van der Waals surface area contributed by atoms with E-state index >= 15 is 0 Å². The van der Waals surface area contributed by atoms with E-state index in [-0.39, 0.29) is 0 Å². The number of thiophene rings is 1. The van der Waals surface area contributed by atoms with E-state index in [1.54, 1.807) is 22.7 Å². The molecule has 0 saturated carbocycles. The third-order valence-electron chi connectivity index (χ3n) is 3.56. The highest BCUT2D eigenvalue weighted by molar-refractivity contribution is 7.15. The maximum Gasteiger partial charge on any atom is 0.186 e. The molecular formula is C15H23N3S2. The third-order valence-corrected chi connectivity index (χ3v) is 6.04. The zero-order valence-electron chi connectivity index (χ0n) is 12.8. The predicted octanol–water partition coefficient (Wildman–Crippen LogP) is 4.38. The summed E-state index contributed by atoms with van der Waals surface area (Å²) in [5.74, 6) is 0. The Bertz CT molecular complexity index is 533. The summed E-state index contributed by atoms with van der Waals surface area (Å²) in [5.41, 5.74) is 1.14. The summed E-state index contributed by atoms with van der Waals surface area (Å²) >= 11 is 3.60. The molecular weight excluding hydrogens is 286 g/mol. The van der Waals surface area contributed by atoms with Gasteiger partial charge in [-0.05, 0) is 38.8 Å². The predicted molar refractivity (Wildman–Crippen MR) is 90.1 cm³/mol. The molecule has 20 heavy (non-hydrogen) atoms. The Balaban J connectivity index is 2.19. The molecule has 2 heterocycles. The van der Waals surface area contributed by atoms with Crippen LogP contribution in [0.3, 0.4) is 0 Å². The van der Waals surface area contributed by atoms with E-state index in [2.05, 4.69) is 62.5 Å². The zero-order valence-corrected chi connectivity index (χ0v) is 14.4. The number of hydrogen-bond donors (Lipinski definition) is 1. The standard InChI is InChI=1S/C15H23N3S2/c1-6-16-10(2)14-11(3)17-15(20-14)18(5)12(4)13-8-7-9-19-13/h7-10,12,16H,6H2,1-5H3. The molecule has 2 aromatic rings. The first-order chi connectivity index (χ1) is 9.54. The quantitative estimate of drug-likeness (QED) is 0.858. The van der Waals surface area contributed by atoms with Crippen molar-refractivity contribution in [3.05, 3.63) is 33.0 Å². The molecule has 0 aliphatic heterocycles. The summed E-state index contributed by atoms with van der Waals surface area (Å²) in [5, 5.41) is 6.70. The number of nitrogens with zero attached hydrogens (tertiary/aromatic N) is 2. The maximum atomic E-state index is 4.75. The van der Waals surface area contributed by atoms with Crippen LogP contribution in [-0.2, 0) is 0 Å². The van der Waals surface area contributed by atoms with Crippen molar-refractivity contribution in [1.82, 2.24) is 10.3 Å². The molecule has 0 aliphatic carbocycles. The van der Waals surface area contributed by atoms with Crippen LogP contribution in [0.15, 0.2) is 17.5 Å². The minimum atomic E-state index is 0.364. The SMILES string of the molecule is CCNC(C)c1sc(N(C)C(C)c2cccs2)nc1C. The average Bonchev–Trinajstić information content (AvgIpc) is 3.06. The van der Waals surface area contributed by atoms with Gasteiger partial charge in [-0.15, -0.1) is 22.7 Å². The van der Waals surface area contributed by atoms with Gasteiger partial charge in [-0.1, -0.05) is 13.0 Å². The highest BCUT2D eigenvalue weighted by Crippen LogP contribution is 2.34. The molecule has 0 amide bonds. The first-order valence-corrected chi connectivity index (χ1v) is 8.71. The molecule has 0 spiro atoms. The van der Waals surface area contributed by atoms with E-state index in [1.165, 1.54) is 9.75 Å². The van der Waals surface area contributed by atoms with Crippen LogP contribution < -0.4 is 10.2 Å². The highest BCUT2D eigenvalue weighted by Gasteiger charge is 2.19. The molecule has 0 aromatic carbocycles. The highest BCUT2D eigenvalue weighted by atomic mass is 32.1. The van der Waals surface area contributed by atoms with Crippen molar-refractivity contribution in [3.8, 4) is 0 Å². The lowest BCUT2D eigenvalue weighted by Crippen LogP contribution is -2.20. The molecule has 3 nitrogen and oxygen atoms in total. The molecule has 110 valence electrons. The molecule has 5 heteroatoms. The Hall–Kier alpha value is -0.910. The van der Waals surface area contributed by atoms with Gasteiger partial charge in [0.25, 0.3) is 0 Å². The first-order valence-electron chi connectivity index (χ1n) is 7.01. The number of thiazole rings is 1. The molecule has 1 N–H and O–H groups in total. The van der Waals surface area contributed by atoms with Crippen molar-refractivity contribution in [2.24, 2.45) is 0 Å². The first kappa shape index (κ1) is 15.5. The molecule has 0 radical (unpaired) electrons. The number of nitrogens with one attached hydrogen (secondary N) is 1. The molecule has 2 atom stereocenters. The topological polar surface area (TPSA) is 28.2 Å². The van der Waals surface area contributed by atoms with E-state index in [0.717, 1.165) is 17.4 Å². The van der Waals surface area contributed by atoms with Crippen LogP contribution in [0.2, 0.25) is 0 Å². The molecule has 0 bridgehead atoms. The van der Waals surface area contributed by atoms with Gasteiger partial charge in [-0.3, -0.25) is 0 Å². The second-order valence-corrected chi connectivity index (χ2v) is 7.02. The van der Waals surface area contributed by atoms with Gasteiger partial charge in [-0.25, -0.2) is 4.98 Å². The second-order valence-electron chi connectivity index (χ2n) is 5.03. The van der Waals surface area contributed by atoms with Crippen molar-refractivity contribution in [3.63, 3.8) is 0 Å². The van der Waals surface area contributed by atoms with E-state index in [1.807, 2.05) is 0 Å². The third kappa shape index (κ3) is 3.22. The van der Waals surface area contributed by atoms with E-state index in [9.17, 15) is 0 Å². The Labute approximate surface area is 129 Å². The van der Waals surface area contributed by atoms with Crippen LogP contribution in [0.5, 0.6) is 0 Å². The van der Waals surface area contributed by atoms with Gasteiger partial charge in [0.2, 0.25) is 0 Å². The summed E-state index contributed by atoms with van der Waals surface area (Å²) in [6.07, 6.45) is 0. The average molecular weight is 310 g/mol. The smallest absolute Gasteiger partial charge is 0.186 e. The van der Waals surface area contributed by atoms with Gasteiger partial charge in [0.15, 0.2) is 5.13 Å². The molecule has 0 fully saturated rings. The van der Waals surface area contributed by atoms with Crippen molar-refractivity contribution >= 4 is 27.8 Å². The maximum absolute atomic E-state index is 4.75. The molecule has 0 saturated heterocycles. The monoisotopic (exact) mass is 309 g/mol. The number of hydrogen-bond acceptors (Lipinski definition) is 5. The Kier molecular flexibility index (Phi) is 5.18. The minimum Gasteiger partial charge on any atom is -0.344 e. The second kappa shape index (κ2) is 6.70. The van der Waals surface area contributed by atoms with E-state index < -0.39 is 0 Å². The lowest BCUT2D eigenvalue weighted by atomic mass is 10.2. The van der Waals surface area contributed by atoms with Gasteiger partial charge < -0.3 is 10.2 Å². The van der Waals surface area contributed by atoms with Gasteiger partial charge >= 0.3 is 0 Å². The Morgan fingerprint density at radius 3 is 2.75 bits per heavy atom. The van der Waals surface area contributed by atoms with Crippen molar-refractivity contribution in [2.75, 3.05) is 18.5 Å². The van der Waals surface area contributed by atoms with Crippen LogP contribution in [0.25, 0.3) is 0 Å². The fourth-order valence-electron chi connectivity index (χ4n) is 2.23. The van der Waals surface area contributed by atoms with Crippen LogP contribution in [0.4, 0.5) is 5.13 Å². The van der Waals surface area contributed by atoms with Gasteiger partial charge in [-0.2, -0.15) is 0 Å². The lowest BCUT2D eigenvalue weighted by Gasteiger charge is -2.23.